The molecule has 0 fully saturated rings. The third-order valence-electron chi connectivity index (χ3n) is 2.76. The number of carboxylic acid groups (broad SMARTS) is 1. The number of carbonyl (C=O) groups excluding carboxylic acids is 1. The molecule has 1 unspecified atom stereocenters. The number of nitrogens with two attached hydrogens (primary N) is 1. The van der Waals surface area contributed by atoms with Crippen LogP contribution in [0.4, 0.5) is 0 Å². The van der Waals surface area contributed by atoms with Crippen molar-refractivity contribution in [2.75, 3.05) is 0 Å². The fourth-order valence-corrected chi connectivity index (χ4v) is 1.51. The maximum absolute atomic E-state index is 11.3. The molecular weight excluding hydrogens is 236 g/mol. The van der Waals surface area contributed by atoms with Crippen molar-refractivity contribution in [1.29, 1.82) is 0 Å². The van der Waals surface area contributed by atoms with Crippen LogP contribution in [0.1, 0.15) is 26.6 Å². The first-order valence-corrected chi connectivity index (χ1v) is 5.67. The lowest BCUT2D eigenvalue weighted by molar-refractivity contribution is -0.153. The first-order chi connectivity index (χ1) is 8.27. The Balaban J connectivity index is 2.99. The first-order valence-electron chi connectivity index (χ1n) is 5.67. The van der Waals surface area contributed by atoms with Gasteiger partial charge in [-0.25, -0.2) is 9.67 Å². The van der Waals surface area contributed by atoms with Gasteiger partial charge in [-0.05, 0) is 12.8 Å². The molecule has 0 saturated heterocycles. The standard InChI is InChI=1S/C11H18N4O3/c1-7(2)5-15-8(13-6-14-15)4-11(3,9(12)16)10(17)18/h6-7H,4-5H2,1-3H3,(H2,12,16)(H,17,18). The van der Waals surface area contributed by atoms with E-state index >= 15 is 0 Å². The molecule has 0 saturated carbocycles. The van der Waals surface area contributed by atoms with Crippen LogP contribution in [0.15, 0.2) is 6.33 Å². The van der Waals surface area contributed by atoms with Gasteiger partial charge in [0.2, 0.25) is 5.91 Å². The predicted molar refractivity (Wildman–Crippen MR) is 63.5 cm³/mol. The van der Waals surface area contributed by atoms with Crippen LogP contribution in [0.2, 0.25) is 0 Å². The summed E-state index contributed by atoms with van der Waals surface area (Å²) in [6.07, 6.45) is 1.28. The highest BCUT2D eigenvalue weighted by Gasteiger charge is 2.41. The minimum Gasteiger partial charge on any atom is -0.480 e. The second kappa shape index (κ2) is 5.16. The van der Waals surface area contributed by atoms with Crippen molar-refractivity contribution in [1.82, 2.24) is 14.8 Å². The van der Waals surface area contributed by atoms with Crippen LogP contribution in [0.5, 0.6) is 0 Å². The number of carboxylic acids is 1. The number of carbonyl (C=O) groups is 2. The van der Waals surface area contributed by atoms with Crippen LogP contribution in [0, 0.1) is 11.3 Å². The maximum atomic E-state index is 11.3. The summed E-state index contributed by atoms with van der Waals surface area (Å²) in [7, 11) is 0. The van der Waals surface area contributed by atoms with Gasteiger partial charge in [0, 0.05) is 13.0 Å². The highest BCUT2D eigenvalue weighted by atomic mass is 16.4. The molecule has 1 aromatic heterocycles. The van der Waals surface area contributed by atoms with E-state index in [1.807, 2.05) is 13.8 Å². The van der Waals surface area contributed by atoms with E-state index in [-0.39, 0.29) is 6.42 Å². The van der Waals surface area contributed by atoms with Crippen molar-refractivity contribution in [3.63, 3.8) is 0 Å². The van der Waals surface area contributed by atoms with E-state index < -0.39 is 17.3 Å². The number of aliphatic carboxylic acids is 1. The SMILES string of the molecule is CC(C)Cn1ncnc1CC(C)(C(N)=O)C(=O)O. The Bertz CT molecular complexity index is 439. The van der Waals surface area contributed by atoms with Gasteiger partial charge in [-0.2, -0.15) is 5.10 Å². The molecule has 0 aliphatic rings. The smallest absolute Gasteiger partial charge is 0.319 e. The van der Waals surface area contributed by atoms with Crippen molar-refractivity contribution in [2.45, 2.75) is 33.7 Å². The van der Waals surface area contributed by atoms with E-state index in [1.165, 1.54) is 13.3 Å². The van der Waals surface area contributed by atoms with Gasteiger partial charge in [-0.15, -0.1) is 0 Å². The monoisotopic (exact) mass is 254 g/mol. The molecule has 0 bridgehead atoms. The van der Waals surface area contributed by atoms with Gasteiger partial charge in [0.15, 0.2) is 0 Å². The summed E-state index contributed by atoms with van der Waals surface area (Å²) < 4.78 is 1.61. The zero-order valence-corrected chi connectivity index (χ0v) is 10.8. The van der Waals surface area contributed by atoms with Crippen LogP contribution >= 0.6 is 0 Å². The van der Waals surface area contributed by atoms with Gasteiger partial charge < -0.3 is 10.8 Å². The quantitative estimate of drug-likeness (QED) is 0.697. The molecule has 0 aromatic carbocycles. The molecule has 0 aliphatic heterocycles. The summed E-state index contributed by atoms with van der Waals surface area (Å²) in [6, 6.07) is 0. The van der Waals surface area contributed by atoms with Crippen LogP contribution in [-0.4, -0.2) is 31.7 Å². The molecule has 1 atom stereocenters. The average molecular weight is 254 g/mol. The second-order valence-corrected chi connectivity index (χ2v) is 4.93. The lowest BCUT2D eigenvalue weighted by Gasteiger charge is -2.20. The Kier molecular flexibility index (Phi) is 4.05. The summed E-state index contributed by atoms with van der Waals surface area (Å²) >= 11 is 0. The number of nitrogens with zero attached hydrogens (tertiary/aromatic N) is 3. The Labute approximate surface area is 105 Å². The fraction of sp³-hybridized carbons (Fsp3) is 0.636. The second-order valence-electron chi connectivity index (χ2n) is 4.93. The molecule has 7 nitrogen and oxygen atoms in total. The summed E-state index contributed by atoms with van der Waals surface area (Å²) in [5.41, 5.74) is 3.50. The minimum atomic E-state index is -1.66. The first kappa shape index (κ1) is 14.1. The molecule has 1 rings (SSSR count). The van der Waals surface area contributed by atoms with Crippen molar-refractivity contribution in [3.05, 3.63) is 12.2 Å². The van der Waals surface area contributed by atoms with Crippen molar-refractivity contribution in [2.24, 2.45) is 17.1 Å². The van der Waals surface area contributed by atoms with Crippen molar-refractivity contribution in [3.8, 4) is 0 Å². The number of hydrogen-bond acceptors (Lipinski definition) is 4. The van der Waals surface area contributed by atoms with E-state index in [2.05, 4.69) is 10.1 Å². The molecule has 7 heteroatoms. The van der Waals surface area contributed by atoms with Gasteiger partial charge in [0.05, 0.1) is 0 Å². The molecule has 0 aliphatic carbocycles. The molecule has 1 aromatic rings. The zero-order chi connectivity index (χ0) is 13.9. The van der Waals surface area contributed by atoms with Crippen LogP contribution < -0.4 is 5.73 Å². The number of amides is 1. The van der Waals surface area contributed by atoms with Crippen LogP contribution in [0.25, 0.3) is 0 Å². The van der Waals surface area contributed by atoms with Gasteiger partial charge in [0.25, 0.3) is 0 Å². The van der Waals surface area contributed by atoms with E-state index in [1.54, 1.807) is 4.68 Å². The normalized spacial score (nSPS) is 14.4. The average Bonchev–Trinajstić information content (AvgIpc) is 2.63. The topological polar surface area (TPSA) is 111 Å². The molecule has 0 radical (unpaired) electrons. The lowest BCUT2D eigenvalue weighted by Crippen LogP contribution is -2.43. The summed E-state index contributed by atoms with van der Waals surface area (Å²) in [5, 5.41) is 13.1. The molecular formula is C11H18N4O3. The predicted octanol–water partition coefficient (Wildman–Crippen LogP) is 0.0528. The van der Waals surface area contributed by atoms with E-state index in [9.17, 15) is 9.59 Å². The molecule has 3 N–H and O–H groups in total. The van der Waals surface area contributed by atoms with Crippen molar-refractivity contribution < 1.29 is 14.7 Å². The largest absolute Gasteiger partial charge is 0.480 e. The molecule has 1 amide bonds. The maximum Gasteiger partial charge on any atom is 0.319 e. The number of primary amides is 1. The summed E-state index contributed by atoms with van der Waals surface area (Å²) in [5.74, 6) is -1.34. The Morgan fingerprint density at radius 2 is 2.17 bits per heavy atom. The summed E-state index contributed by atoms with van der Waals surface area (Å²) in [6.45, 7) is 5.93. The van der Waals surface area contributed by atoms with Gasteiger partial charge in [-0.1, -0.05) is 13.8 Å². The number of aromatic nitrogens is 3. The third-order valence-corrected chi connectivity index (χ3v) is 2.76. The lowest BCUT2D eigenvalue weighted by atomic mass is 9.85. The van der Waals surface area contributed by atoms with Crippen LogP contribution in [-0.2, 0) is 22.6 Å². The number of rotatable bonds is 6. The summed E-state index contributed by atoms with van der Waals surface area (Å²) in [4.78, 5) is 26.5. The molecule has 18 heavy (non-hydrogen) atoms. The highest BCUT2D eigenvalue weighted by molar-refractivity contribution is 6.00. The van der Waals surface area contributed by atoms with Crippen LogP contribution in [0.3, 0.4) is 0 Å². The zero-order valence-electron chi connectivity index (χ0n) is 10.8. The number of hydrogen-bond donors (Lipinski definition) is 2. The Morgan fingerprint density at radius 1 is 1.56 bits per heavy atom. The fourth-order valence-electron chi connectivity index (χ4n) is 1.51. The van der Waals surface area contributed by atoms with Gasteiger partial charge in [0.1, 0.15) is 17.6 Å². The molecule has 1 heterocycles. The molecule has 0 spiro atoms. The third kappa shape index (κ3) is 2.85. The van der Waals surface area contributed by atoms with E-state index in [0.29, 0.717) is 18.3 Å². The Hall–Kier alpha value is -1.92. The van der Waals surface area contributed by atoms with E-state index in [4.69, 9.17) is 10.8 Å². The Morgan fingerprint density at radius 3 is 2.61 bits per heavy atom. The molecule has 100 valence electrons. The van der Waals surface area contributed by atoms with Gasteiger partial charge in [-0.3, -0.25) is 9.59 Å². The highest BCUT2D eigenvalue weighted by Crippen LogP contribution is 2.21. The van der Waals surface area contributed by atoms with Gasteiger partial charge >= 0.3 is 5.97 Å². The van der Waals surface area contributed by atoms with E-state index in [0.717, 1.165) is 0 Å². The van der Waals surface area contributed by atoms with Crippen molar-refractivity contribution >= 4 is 11.9 Å². The minimum absolute atomic E-state index is 0.0651.